The van der Waals surface area contributed by atoms with Gasteiger partial charge in [-0.25, -0.2) is 0 Å². The zero-order valence-corrected chi connectivity index (χ0v) is 15.2. The average Bonchev–Trinajstić information content (AvgIpc) is 3.19. The maximum Gasteiger partial charge on any atom is 0.224 e. The number of ether oxygens (including phenoxy) is 2. The van der Waals surface area contributed by atoms with Crippen LogP contribution in [0.15, 0.2) is 42.7 Å². The molecule has 0 unspecified atom stereocenters. The van der Waals surface area contributed by atoms with E-state index in [1.807, 2.05) is 30.3 Å². The fourth-order valence-electron chi connectivity index (χ4n) is 3.37. The first-order valence-electron chi connectivity index (χ1n) is 9.24. The molecule has 26 heavy (non-hydrogen) atoms. The van der Waals surface area contributed by atoms with Crippen molar-refractivity contribution < 1.29 is 14.3 Å². The second kappa shape index (κ2) is 9.22. The number of amides is 1. The molecule has 1 amide bonds. The Morgan fingerprint density at radius 1 is 1.23 bits per heavy atom. The van der Waals surface area contributed by atoms with Crippen molar-refractivity contribution >= 4 is 11.6 Å². The molecule has 0 aliphatic heterocycles. The molecule has 1 aliphatic carbocycles. The fourth-order valence-corrected chi connectivity index (χ4v) is 3.37. The highest BCUT2D eigenvalue weighted by atomic mass is 16.5. The van der Waals surface area contributed by atoms with Gasteiger partial charge in [0.1, 0.15) is 6.61 Å². The molecule has 1 N–H and O–H groups in total. The summed E-state index contributed by atoms with van der Waals surface area (Å²) in [6, 6.07) is 9.28. The number of hydrogen-bond donors (Lipinski definition) is 1. The molecule has 1 aliphatic rings. The first-order valence-corrected chi connectivity index (χ1v) is 9.24. The Morgan fingerprint density at radius 2 is 2.08 bits per heavy atom. The molecule has 1 aromatic heterocycles. The maximum atomic E-state index is 12.2. The molecule has 0 saturated heterocycles. The predicted octanol–water partition coefficient (Wildman–Crippen LogP) is 4.58. The van der Waals surface area contributed by atoms with E-state index in [0.29, 0.717) is 24.5 Å². The van der Waals surface area contributed by atoms with Crippen molar-refractivity contribution in [2.24, 2.45) is 5.92 Å². The van der Waals surface area contributed by atoms with E-state index in [1.54, 1.807) is 19.5 Å². The van der Waals surface area contributed by atoms with Crippen LogP contribution in [0.4, 0.5) is 5.69 Å². The molecule has 1 aromatic carbocycles. The van der Waals surface area contributed by atoms with Crippen LogP contribution in [0.1, 0.15) is 44.1 Å². The Labute approximate surface area is 154 Å². The van der Waals surface area contributed by atoms with E-state index in [2.05, 4.69) is 10.3 Å². The number of hydrogen-bond acceptors (Lipinski definition) is 4. The largest absolute Gasteiger partial charge is 0.493 e. The van der Waals surface area contributed by atoms with Gasteiger partial charge in [0.05, 0.1) is 7.11 Å². The van der Waals surface area contributed by atoms with Crippen molar-refractivity contribution in [3.63, 3.8) is 0 Å². The number of carbonyl (C=O) groups is 1. The highest BCUT2D eigenvalue weighted by molar-refractivity contribution is 5.91. The molecule has 2 aromatic rings. The molecule has 3 rings (SSSR count). The number of methoxy groups -OCH3 is 1. The van der Waals surface area contributed by atoms with Crippen molar-refractivity contribution in [2.75, 3.05) is 12.4 Å². The van der Waals surface area contributed by atoms with Crippen LogP contribution in [0.25, 0.3) is 0 Å². The van der Waals surface area contributed by atoms with Gasteiger partial charge in [0.25, 0.3) is 0 Å². The summed E-state index contributed by atoms with van der Waals surface area (Å²) in [4.78, 5) is 16.3. The zero-order chi connectivity index (χ0) is 18.2. The van der Waals surface area contributed by atoms with Gasteiger partial charge in [-0.1, -0.05) is 31.7 Å². The zero-order valence-electron chi connectivity index (χ0n) is 15.2. The number of nitrogens with zero attached hydrogens (tertiary/aromatic N) is 1. The van der Waals surface area contributed by atoms with Crippen LogP contribution in [0.3, 0.4) is 0 Å². The first-order chi connectivity index (χ1) is 12.7. The van der Waals surface area contributed by atoms with Crippen molar-refractivity contribution in [2.45, 2.75) is 45.1 Å². The Balaban J connectivity index is 1.57. The van der Waals surface area contributed by atoms with Gasteiger partial charge in [-0.15, -0.1) is 0 Å². The molecule has 1 heterocycles. The molecule has 0 radical (unpaired) electrons. The summed E-state index contributed by atoms with van der Waals surface area (Å²) >= 11 is 0. The Bertz CT molecular complexity index is 712. The van der Waals surface area contributed by atoms with Gasteiger partial charge in [0.15, 0.2) is 11.5 Å². The van der Waals surface area contributed by atoms with Crippen LogP contribution in [-0.2, 0) is 11.4 Å². The summed E-state index contributed by atoms with van der Waals surface area (Å²) in [7, 11) is 1.60. The molecular weight excluding hydrogens is 328 g/mol. The van der Waals surface area contributed by atoms with Crippen LogP contribution in [-0.4, -0.2) is 18.0 Å². The average molecular weight is 354 g/mol. The highest BCUT2D eigenvalue weighted by Gasteiger charge is 2.16. The summed E-state index contributed by atoms with van der Waals surface area (Å²) in [6.45, 7) is 0.392. The summed E-state index contributed by atoms with van der Waals surface area (Å²) in [5.74, 6) is 2.01. The van der Waals surface area contributed by atoms with E-state index < -0.39 is 0 Å². The first kappa shape index (κ1) is 18.2. The minimum atomic E-state index is 0.0558. The normalized spacial score (nSPS) is 14.2. The van der Waals surface area contributed by atoms with Gasteiger partial charge in [-0.3, -0.25) is 9.78 Å². The highest BCUT2D eigenvalue weighted by Crippen LogP contribution is 2.32. The lowest BCUT2D eigenvalue weighted by molar-refractivity contribution is -0.116. The Hall–Kier alpha value is -2.56. The van der Waals surface area contributed by atoms with Crippen molar-refractivity contribution in [1.82, 2.24) is 4.98 Å². The molecule has 5 nitrogen and oxygen atoms in total. The Kier molecular flexibility index (Phi) is 6.47. The number of anilines is 1. The van der Waals surface area contributed by atoms with E-state index in [1.165, 1.54) is 25.7 Å². The van der Waals surface area contributed by atoms with Crippen molar-refractivity contribution in [3.8, 4) is 11.5 Å². The van der Waals surface area contributed by atoms with Crippen LogP contribution < -0.4 is 14.8 Å². The van der Waals surface area contributed by atoms with Gasteiger partial charge in [-0.05, 0) is 30.5 Å². The smallest absolute Gasteiger partial charge is 0.224 e. The van der Waals surface area contributed by atoms with E-state index in [4.69, 9.17) is 9.47 Å². The summed E-state index contributed by atoms with van der Waals surface area (Å²) in [6.07, 6.45) is 10.2. The van der Waals surface area contributed by atoms with Crippen LogP contribution in [0.2, 0.25) is 0 Å². The van der Waals surface area contributed by atoms with Crippen LogP contribution in [0, 0.1) is 5.92 Å². The minimum absolute atomic E-state index is 0.0558. The SMILES string of the molecule is COc1ccc(NC(=O)CCC2CCCC2)cc1OCc1cccnc1. The second-order valence-electron chi connectivity index (χ2n) is 6.75. The minimum Gasteiger partial charge on any atom is -0.493 e. The molecule has 0 bridgehead atoms. The van der Waals surface area contributed by atoms with E-state index in [0.717, 1.165) is 23.6 Å². The summed E-state index contributed by atoms with van der Waals surface area (Å²) in [5, 5.41) is 2.97. The topological polar surface area (TPSA) is 60.5 Å². The van der Waals surface area contributed by atoms with E-state index in [9.17, 15) is 4.79 Å². The molecule has 5 heteroatoms. The molecular formula is C21H26N2O3. The van der Waals surface area contributed by atoms with Gasteiger partial charge >= 0.3 is 0 Å². The van der Waals surface area contributed by atoms with Gasteiger partial charge < -0.3 is 14.8 Å². The number of benzene rings is 1. The molecule has 138 valence electrons. The molecule has 0 atom stereocenters. The lowest BCUT2D eigenvalue weighted by Crippen LogP contribution is -2.13. The van der Waals surface area contributed by atoms with Crippen LogP contribution in [0.5, 0.6) is 11.5 Å². The molecule has 0 spiro atoms. The number of pyridine rings is 1. The fraction of sp³-hybridized carbons (Fsp3) is 0.429. The Morgan fingerprint density at radius 3 is 2.81 bits per heavy atom. The second-order valence-corrected chi connectivity index (χ2v) is 6.75. The monoisotopic (exact) mass is 354 g/mol. The third-order valence-electron chi connectivity index (χ3n) is 4.82. The molecule has 1 saturated carbocycles. The lowest BCUT2D eigenvalue weighted by Gasteiger charge is -2.13. The van der Waals surface area contributed by atoms with E-state index in [-0.39, 0.29) is 5.91 Å². The lowest BCUT2D eigenvalue weighted by atomic mass is 10.0. The summed E-state index contributed by atoms with van der Waals surface area (Å²) in [5.41, 5.74) is 1.70. The van der Waals surface area contributed by atoms with Gasteiger partial charge in [0, 0.05) is 36.1 Å². The number of carbonyl (C=O) groups excluding carboxylic acids is 1. The number of aromatic nitrogens is 1. The van der Waals surface area contributed by atoms with Gasteiger partial charge in [-0.2, -0.15) is 0 Å². The maximum absolute atomic E-state index is 12.2. The number of rotatable bonds is 8. The molecule has 1 fully saturated rings. The predicted molar refractivity (Wildman–Crippen MR) is 101 cm³/mol. The number of nitrogens with one attached hydrogen (secondary N) is 1. The van der Waals surface area contributed by atoms with Crippen LogP contribution >= 0.6 is 0 Å². The van der Waals surface area contributed by atoms with Crippen molar-refractivity contribution in [1.29, 1.82) is 0 Å². The summed E-state index contributed by atoms with van der Waals surface area (Å²) < 4.78 is 11.2. The third kappa shape index (κ3) is 5.22. The third-order valence-corrected chi connectivity index (χ3v) is 4.82. The van der Waals surface area contributed by atoms with Gasteiger partial charge in [0.2, 0.25) is 5.91 Å². The standard InChI is InChI=1S/C21H26N2O3/c1-25-19-10-9-18(23-21(24)11-8-16-5-2-3-6-16)13-20(19)26-15-17-7-4-12-22-14-17/h4,7,9-10,12-14,16H,2-3,5-6,8,11,15H2,1H3,(H,23,24). The van der Waals surface area contributed by atoms with Crippen molar-refractivity contribution in [3.05, 3.63) is 48.3 Å². The quantitative estimate of drug-likeness (QED) is 0.754. The van der Waals surface area contributed by atoms with E-state index >= 15 is 0 Å².